The van der Waals surface area contributed by atoms with E-state index in [1.54, 1.807) is 6.92 Å². The highest BCUT2D eigenvalue weighted by Gasteiger charge is 2.13. The molecule has 0 aromatic heterocycles. The molecule has 0 atom stereocenters. The van der Waals surface area contributed by atoms with Gasteiger partial charge in [0, 0.05) is 25.6 Å². The average molecular weight is 417 g/mol. The maximum absolute atomic E-state index is 11.5. The zero-order chi connectivity index (χ0) is 21.0. The highest BCUT2D eigenvalue weighted by molar-refractivity contribution is 7.89. The van der Waals surface area contributed by atoms with Gasteiger partial charge in [-0.3, -0.25) is 4.99 Å². The zero-order valence-electron chi connectivity index (χ0n) is 17.3. The van der Waals surface area contributed by atoms with Crippen molar-refractivity contribution in [1.82, 2.24) is 15.4 Å². The third-order valence-corrected chi connectivity index (χ3v) is 5.93. The van der Waals surface area contributed by atoms with E-state index in [2.05, 4.69) is 63.9 Å². The molecule has 0 amide bonds. The molecule has 0 aliphatic carbocycles. The van der Waals surface area contributed by atoms with Gasteiger partial charge in [-0.25, -0.2) is 13.1 Å². The smallest absolute Gasteiger partial charge is 0.211 e. The first-order valence-electron chi connectivity index (χ1n) is 10.1. The molecule has 29 heavy (non-hydrogen) atoms. The second-order valence-corrected chi connectivity index (χ2v) is 8.77. The average Bonchev–Trinajstić information content (AvgIpc) is 2.75. The normalized spacial score (nSPS) is 12.2. The van der Waals surface area contributed by atoms with Gasteiger partial charge in [-0.2, -0.15) is 0 Å². The first-order chi connectivity index (χ1) is 14.1. The van der Waals surface area contributed by atoms with Crippen molar-refractivity contribution in [2.45, 2.75) is 26.2 Å². The molecule has 2 rings (SSSR count). The fourth-order valence-electron chi connectivity index (χ4n) is 2.92. The Kier molecular flexibility index (Phi) is 9.67. The van der Waals surface area contributed by atoms with Crippen LogP contribution in [0.25, 0.3) is 0 Å². The first kappa shape index (κ1) is 22.9. The molecule has 0 saturated carbocycles. The Balaban J connectivity index is 2.00. The lowest BCUT2D eigenvalue weighted by Crippen LogP contribution is -2.39. The second kappa shape index (κ2) is 12.2. The van der Waals surface area contributed by atoms with Gasteiger partial charge in [0.05, 0.1) is 12.3 Å². The predicted molar refractivity (Wildman–Crippen MR) is 121 cm³/mol. The summed E-state index contributed by atoms with van der Waals surface area (Å²) in [5.74, 6) is 1.01. The number of hydrogen-bond donors (Lipinski definition) is 3. The zero-order valence-corrected chi connectivity index (χ0v) is 18.1. The molecule has 0 aliphatic heterocycles. The standard InChI is InChI=1S/C22H32N4O2S/c1-3-23-22(24-16-11-17-26-29(27,28)4-2)25-18-21(19-12-7-5-8-13-19)20-14-9-6-10-15-20/h5-10,12-15,21,26H,3-4,11,16-18H2,1-2H3,(H2,23,24,25). The van der Waals surface area contributed by atoms with Gasteiger partial charge in [0.2, 0.25) is 10.0 Å². The summed E-state index contributed by atoms with van der Waals surface area (Å²) in [4.78, 5) is 4.78. The Morgan fingerprint density at radius 1 is 0.897 bits per heavy atom. The van der Waals surface area contributed by atoms with Gasteiger partial charge in [0.25, 0.3) is 0 Å². The minimum absolute atomic E-state index is 0.102. The monoisotopic (exact) mass is 416 g/mol. The number of sulfonamides is 1. The summed E-state index contributed by atoms with van der Waals surface area (Å²) in [5, 5.41) is 6.55. The van der Waals surface area contributed by atoms with E-state index in [-0.39, 0.29) is 11.7 Å². The minimum Gasteiger partial charge on any atom is -0.357 e. The quantitative estimate of drug-likeness (QED) is 0.299. The van der Waals surface area contributed by atoms with E-state index in [4.69, 9.17) is 4.99 Å². The largest absolute Gasteiger partial charge is 0.357 e. The molecule has 3 N–H and O–H groups in total. The van der Waals surface area contributed by atoms with Crippen LogP contribution in [0, 0.1) is 0 Å². The Morgan fingerprint density at radius 3 is 2.00 bits per heavy atom. The molecule has 0 spiro atoms. The van der Waals surface area contributed by atoms with E-state index in [0.29, 0.717) is 26.1 Å². The van der Waals surface area contributed by atoms with Gasteiger partial charge in [-0.05, 0) is 31.4 Å². The van der Waals surface area contributed by atoms with Gasteiger partial charge in [-0.15, -0.1) is 0 Å². The number of benzene rings is 2. The van der Waals surface area contributed by atoms with Crippen LogP contribution in [-0.2, 0) is 10.0 Å². The molecular formula is C22H32N4O2S. The van der Waals surface area contributed by atoms with E-state index >= 15 is 0 Å². The van der Waals surface area contributed by atoms with Gasteiger partial charge < -0.3 is 10.6 Å². The SMILES string of the molecule is CCNC(=NCC(c1ccccc1)c1ccccc1)NCCCNS(=O)(=O)CC. The number of hydrogen-bond acceptors (Lipinski definition) is 3. The number of guanidine groups is 1. The lowest BCUT2D eigenvalue weighted by atomic mass is 9.91. The van der Waals surface area contributed by atoms with Crippen molar-refractivity contribution in [3.8, 4) is 0 Å². The van der Waals surface area contributed by atoms with Gasteiger partial charge in [-0.1, -0.05) is 60.7 Å². The lowest BCUT2D eigenvalue weighted by molar-refractivity contribution is 0.579. The maximum atomic E-state index is 11.5. The molecule has 0 saturated heterocycles. The Morgan fingerprint density at radius 2 is 1.48 bits per heavy atom. The molecule has 158 valence electrons. The third-order valence-electron chi connectivity index (χ3n) is 4.53. The van der Waals surface area contributed by atoms with Crippen LogP contribution in [0.1, 0.15) is 37.3 Å². The van der Waals surface area contributed by atoms with E-state index in [1.807, 2.05) is 19.1 Å². The molecule has 0 aliphatic rings. The van der Waals surface area contributed by atoms with E-state index < -0.39 is 10.0 Å². The molecule has 2 aromatic rings. The summed E-state index contributed by atoms with van der Waals surface area (Å²) < 4.78 is 25.5. The molecule has 7 heteroatoms. The molecule has 0 unspecified atom stereocenters. The summed E-state index contributed by atoms with van der Waals surface area (Å²) >= 11 is 0. The summed E-state index contributed by atoms with van der Waals surface area (Å²) in [6, 6.07) is 20.8. The van der Waals surface area contributed by atoms with Crippen LogP contribution < -0.4 is 15.4 Å². The van der Waals surface area contributed by atoms with Crippen molar-refractivity contribution in [3.05, 3.63) is 71.8 Å². The molecule has 0 fully saturated rings. The Hall–Kier alpha value is -2.38. The summed E-state index contributed by atoms with van der Waals surface area (Å²) in [6.45, 7) is 6.09. The summed E-state index contributed by atoms with van der Waals surface area (Å²) in [6.07, 6.45) is 0.685. The van der Waals surface area contributed by atoms with Gasteiger partial charge in [0.1, 0.15) is 0 Å². The summed E-state index contributed by atoms with van der Waals surface area (Å²) in [5.41, 5.74) is 2.46. The van der Waals surface area contributed by atoms with Crippen molar-refractivity contribution in [1.29, 1.82) is 0 Å². The predicted octanol–water partition coefficient (Wildman–Crippen LogP) is 2.70. The molecular weight excluding hydrogens is 384 g/mol. The number of nitrogens with one attached hydrogen (secondary N) is 3. The molecule has 2 aromatic carbocycles. The maximum Gasteiger partial charge on any atom is 0.211 e. The van der Waals surface area contributed by atoms with Crippen molar-refractivity contribution < 1.29 is 8.42 Å². The van der Waals surface area contributed by atoms with Crippen molar-refractivity contribution >= 4 is 16.0 Å². The van der Waals surface area contributed by atoms with Crippen LogP contribution in [-0.4, -0.2) is 46.3 Å². The Bertz CT molecular complexity index is 800. The number of rotatable bonds is 11. The number of nitrogens with zero attached hydrogens (tertiary/aromatic N) is 1. The summed E-state index contributed by atoms with van der Waals surface area (Å²) in [7, 11) is -3.14. The van der Waals surface area contributed by atoms with Crippen LogP contribution >= 0.6 is 0 Å². The highest BCUT2D eigenvalue weighted by atomic mass is 32.2. The van der Waals surface area contributed by atoms with E-state index in [1.165, 1.54) is 11.1 Å². The fraction of sp³-hybridized carbons (Fsp3) is 0.409. The highest BCUT2D eigenvalue weighted by Crippen LogP contribution is 2.24. The van der Waals surface area contributed by atoms with Gasteiger partial charge in [0.15, 0.2) is 5.96 Å². The minimum atomic E-state index is -3.14. The molecule has 6 nitrogen and oxygen atoms in total. The van der Waals surface area contributed by atoms with E-state index in [0.717, 1.165) is 12.5 Å². The number of aliphatic imine (C=N–C) groups is 1. The van der Waals surface area contributed by atoms with Crippen LogP contribution in [0.2, 0.25) is 0 Å². The van der Waals surface area contributed by atoms with Crippen LogP contribution in [0.3, 0.4) is 0 Å². The second-order valence-electron chi connectivity index (χ2n) is 6.67. The first-order valence-corrected chi connectivity index (χ1v) is 11.8. The van der Waals surface area contributed by atoms with Crippen molar-refractivity contribution in [3.63, 3.8) is 0 Å². The van der Waals surface area contributed by atoms with Crippen LogP contribution in [0.4, 0.5) is 0 Å². The van der Waals surface area contributed by atoms with Crippen molar-refractivity contribution in [2.75, 3.05) is 31.9 Å². The van der Waals surface area contributed by atoms with Crippen LogP contribution in [0.15, 0.2) is 65.7 Å². The van der Waals surface area contributed by atoms with Crippen molar-refractivity contribution in [2.24, 2.45) is 4.99 Å². The fourth-order valence-corrected chi connectivity index (χ4v) is 3.58. The van der Waals surface area contributed by atoms with Gasteiger partial charge >= 0.3 is 0 Å². The van der Waals surface area contributed by atoms with Crippen LogP contribution in [0.5, 0.6) is 0 Å². The molecule has 0 heterocycles. The topological polar surface area (TPSA) is 82.6 Å². The third kappa shape index (κ3) is 8.25. The molecule has 0 radical (unpaired) electrons. The van der Waals surface area contributed by atoms with E-state index in [9.17, 15) is 8.42 Å². The Labute approximate surface area is 174 Å². The lowest BCUT2D eigenvalue weighted by Gasteiger charge is -2.18. The molecule has 0 bridgehead atoms.